The number of nitrogens with two attached hydrogens (primary N) is 1. The minimum Gasteiger partial charge on any atom is -0.350 e. The maximum absolute atomic E-state index is 10.7. The summed E-state index contributed by atoms with van der Waals surface area (Å²) < 4.78 is 2.18. The topological polar surface area (TPSA) is 72.4 Å². The summed E-state index contributed by atoms with van der Waals surface area (Å²) in [6, 6.07) is 15.8. The number of aromatic nitrogens is 1. The second kappa shape index (κ2) is 6.36. The van der Waals surface area contributed by atoms with Crippen molar-refractivity contribution in [1.29, 1.82) is 0 Å². The molecule has 3 N–H and O–H groups in total. The first-order valence-corrected chi connectivity index (χ1v) is 7.36. The molecule has 116 valence electrons. The van der Waals surface area contributed by atoms with E-state index in [2.05, 4.69) is 40.2 Å². The molecule has 0 spiro atoms. The summed E-state index contributed by atoms with van der Waals surface area (Å²) >= 11 is 0. The molecule has 3 aromatic rings. The molecular formula is C18H18N4O. The number of fused-ring (bicyclic) bond motifs is 1. The van der Waals surface area contributed by atoms with Crippen LogP contribution in [0.1, 0.15) is 16.7 Å². The van der Waals surface area contributed by atoms with Gasteiger partial charge in [-0.2, -0.15) is 5.10 Å². The van der Waals surface area contributed by atoms with Crippen LogP contribution in [0.15, 0.2) is 59.8 Å². The van der Waals surface area contributed by atoms with Crippen molar-refractivity contribution < 1.29 is 4.79 Å². The van der Waals surface area contributed by atoms with Gasteiger partial charge in [0.1, 0.15) is 0 Å². The lowest BCUT2D eigenvalue weighted by Crippen LogP contribution is -2.24. The van der Waals surface area contributed by atoms with E-state index in [1.807, 2.05) is 36.5 Å². The third-order valence-electron chi connectivity index (χ3n) is 3.80. The highest BCUT2D eigenvalue weighted by Gasteiger charge is 2.08. The summed E-state index contributed by atoms with van der Waals surface area (Å²) in [5.74, 6) is 0. The number of urea groups is 1. The molecule has 0 unspecified atom stereocenters. The first-order valence-electron chi connectivity index (χ1n) is 7.36. The van der Waals surface area contributed by atoms with E-state index in [4.69, 9.17) is 5.73 Å². The van der Waals surface area contributed by atoms with Gasteiger partial charge < -0.3 is 10.3 Å². The Kier molecular flexibility index (Phi) is 4.10. The number of carbonyl (C=O) groups is 1. The zero-order valence-electron chi connectivity index (χ0n) is 12.9. The van der Waals surface area contributed by atoms with E-state index in [9.17, 15) is 4.79 Å². The number of hydrogen-bond donors (Lipinski definition) is 2. The maximum atomic E-state index is 10.7. The molecule has 5 nitrogen and oxygen atoms in total. The van der Waals surface area contributed by atoms with Crippen LogP contribution in [0.2, 0.25) is 0 Å². The third kappa shape index (κ3) is 3.23. The fourth-order valence-corrected chi connectivity index (χ4v) is 2.65. The molecule has 0 aliphatic carbocycles. The van der Waals surface area contributed by atoms with Crippen LogP contribution in [0.4, 0.5) is 4.79 Å². The molecule has 1 heterocycles. The lowest BCUT2D eigenvalue weighted by Gasteiger charge is -2.08. The van der Waals surface area contributed by atoms with Gasteiger partial charge in [0.15, 0.2) is 0 Å². The highest BCUT2D eigenvalue weighted by atomic mass is 16.2. The molecule has 0 radical (unpaired) electrons. The molecule has 3 rings (SSSR count). The predicted molar refractivity (Wildman–Crippen MR) is 92.5 cm³/mol. The van der Waals surface area contributed by atoms with Crippen molar-refractivity contribution in [2.75, 3.05) is 0 Å². The van der Waals surface area contributed by atoms with Gasteiger partial charge >= 0.3 is 6.03 Å². The minimum absolute atomic E-state index is 0.676. The fraction of sp³-hybridized carbons (Fsp3) is 0.111. The smallest absolute Gasteiger partial charge is 0.332 e. The summed E-state index contributed by atoms with van der Waals surface area (Å²) in [6.45, 7) is 2.89. The summed E-state index contributed by atoms with van der Waals surface area (Å²) in [7, 11) is 0. The number of nitrogens with one attached hydrogen (secondary N) is 1. The Morgan fingerprint density at radius 1 is 1.22 bits per heavy atom. The lowest BCUT2D eigenvalue weighted by molar-refractivity contribution is 0.249. The molecule has 0 saturated heterocycles. The first-order chi connectivity index (χ1) is 11.1. The highest BCUT2D eigenvalue weighted by Crippen LogP contribution is 2.22. The van der Waals surface area contributed by atoms with Gasteiger partial charge in [-0.05, 0) is 24.1 Å². The molecular weight excluding hydrogens is 288 g/mol. The van der Waals surface area contributed by atoms with Gasteiger partial charge in [0.05, 0.1) is 6.21 Å². The van der Waals surface area contributed by atoms with Gasteiger partial charge in [-0.15, -0.1) is 0 Å². The van der Waals surface area contributed by atoms with Gasteiger partial charge in [-0.3, -0.25) is 0 Å². The number of primary amides is 1. The van der Waals surface area contributed by atoms with Crippen molar-refractivity contribution in [3.8, 4) is 0 Å². The molecule has 2 amide bonds. The summed E-state index contributed by atoms with van der Waals surface area (Å²) in [6.07, 6.45) is 3.64. The summed E-state index contributed by atoms with van der Waals surface area (Å²) in [4.78, 5) is 10.7. The van der Waals surface area contributed by atoms with E-state index >= 15 is 0 Å². The third-order valence-corrected chi connectivity index (χ3v) is 3.80. The predicted octanol–water partition coefficient (Wildman–Crippen LogP) is 3.00. The SMILES string of the molecule is Cc1ccccc1Cn1cc(/C=N\NC(N)=O)c2ccccc21. The molecule has 23 heavy (non-hydrogen) atoms. The zero-order valence-corrected chi connectivity index (χ0v) is 12.9. The summed E-state index contributed by atoms with van der Waals surface area (Å²) in [5, 5.41) is 4.95. The molecule has 0 atom stereocenters. The molecule has 1 aromatic heterocycles. The second-order valence-electron chi connectivity index (χ2n) is 5.39. The van der Waals surface area contributed by atoms with Gasteiger partial charge in [0, 0.05) is 29.2 Å². The average molecular weight is 306 g/mol. The van der Waals surface area contributed by atoms with Crippen molar-refractivity contribution in [2.45, 2.75) is 13.5 Å². The van der Waals surface area contributed by atoms with E-state index in [0.29, 0.717) is 0 Å². The van der Waals surface area contributed by atoms with Crippen molar-refractivity contribution in [1.82, 2.24) is 9.99 Å². The number of aryl methyl sites for hydroxylation is 1. The van der Waals surface area contributed by atoms with Crippen molar-refractivity contribution >= 4 is 23.1 Å². The molecule has 0 bridgehead atoms. The van der Waals surface area contributed by atoms with Gasteiger partial charge in [-0.25, -0.2) is 10.2 Å². The quantitative estimate of drug-likeness (QED) is 0.564. The van der Waals surface area contributed by atoms with Crippen LogP contribution in [0.25, 0.3) is 10.9 Å². The lowest BCUT2D eigenvalue weighted by atomic mass is 10.1. The Morgan fingerprint density at radius 2 is 1.96 bits per heavy atom. The standard InChI is InChI=1S/C18H18N4O/c1-13-6-2-3-7-14(13)11-22-12-15(10-20-21-18(19)23)16-8-4-5-9-17(16)22/h2-10,12H,11H2,1H3,(H3,19,21,23)/b20-10-. The Bertz CT molecular complexity index is 880. The van der Waals surface area contributed by atoms with Crippen molar-refractivity contribution in [3.63, 3.8) is 0 Å². The van der Waals surface area contributed by atoms with Crippen LogP contribution in [0, 0.1) is 6.92 Å². The Morgan fingerprint density at radius 3 is 2.74 bits per heavy atom. The summed E-state index contributed by atoms with van der Waals surface area (Å²) in [5.41, 5.74) is 11.8. The van der Waals surface area contributed by atoms with Crippen LogP contribution >= 0.6 is 0 Å². The van der Waals surface area contributed by atoms with E-state index in [0.717, 1.165) is 23.0 Å². The molecule has 0 fully saturated rings. The van der Waals surface area contributed by atoms with E-state index in [-0.39, 0.29) is 0 Å². The van der Waals surface area contributed by atoms with Crippen LogP contribution in [0.5, 0.6) is 0 Å². The number of hydrazone groups is 1. The van der Waals surface area contributed by atoms with Crippen molar-refractivity contribution in [3.05, 3.63) is 71.4 Å². The Balaban J connectivity index is 1.99. The Hall–Kier alpha value is -3.08. The molecule has 0 aliphatic rings. The number of para-hydroxylation sites is 1. The molecule has 2 aromatic carbocycles. The number of hydrogen-bond acceptors (Lipinski definition) is 2. The number of amides is 2. The molecule has 0 saturated carbocycles. The van der Waals surface area contributed by atoms with Crippen LogP contribution in [-0.4, -0.2) is 16.8 Å². The van der Waals surface area contributed by atoms with Gasteiger partial charge in [0.2, 0.25) is 0 Å². The second-order valence-corrected chi connectivity index (χ2v) is 5.39. The average Bonchev–Trinajstić information content (AvgIpc) is 2.88. The van der Waals surface area contributed by atoms with E-state index < -0.39 is 6.03 Å². The number of nitrogens with zero attached hydrogens (tertiary/aromatic N) is 2. The Labute approximate surface area is 134 Å². The normalized spacial score (nSPS) is 11.2. The fourth-order valence-electron chi connectivity index (χ4n) is 2.65. The minimum atomic E-state index is -0.676. The van der Waals surface area contributed by atoms with Crippen molar-refractivity contribution in [2.24, 2.45) is 10.8 Å². The van der Waals surface area contributed by atoms with Crippen LogP contribution < -0.4 is 11.2 Å². The van der Waals surface area contributed by atoms with Crippen LogP contribution in [-0.2, 0) is 6.54 Å². The number of rotatable bonds is 4. The van der Waals surface area contributed by atoms with Gasteiger partial charge in [-0.1, -0.05) is 42.5 Å². The zero-order chi connectivity index (χ0) is 16.2. The monoisotopic (exact) mass is 306 g/mol. The molecule has 0 aliphatic heterocycles. The van der Waals surface area contributed by atoms with Crippen LogP contribution in [0.3, 0.4) is 0 Å². The molecule has 5 heteroatoms. The number of benzene rings is 2. The highest BCUT2D eigenvalue weighted by molar-refractivity contribution is 5.99. The largest absolute Gasteiger partial charge is 0.350 e. The maximum Gasteiger partial charge on any atom is 0.332 e. The van der Waals surface area contributed by atoms with E-state index in [1.54, 1.807) is 6.21 Å². The van der Waals surface area contributed by atoms with Gasteiger partial charge in [0.25, 0.3) is 0 Å². The first kappa shape index (κ1) is 14.8. The van der Waals surface area contributed by atoms with E-state index in [1.165, 1.54) is 11.1 Å². The number of carbonyl (C=O) groups excluding carboxylic acids is 1.